The van der Waals surface area contributed by atoms with Crippen LogP contribution < -0.4 is 4.90 Å². The summed E-state index contributed by atoms with van der Waals surface area (Å²) in [7, 11) is 0. The summed E-state index contributed by atoms with van der Waals surface area (Å²) in [6, 6.07) is 17.1. The number of nitrogens with zero attached hydrogens (tertiary/aromatic N) is 5. The van der Waals surface area contributed by atoms with E-state index in [-0.39, 0.29) is 24.3 Å². The average Bonchev–Trinajstić information content (AvgIpc) is 3.32. The van der Waals surface area contributed by atoms with Crippen molar-refractivity contribution in [3.05, 3.63) is 71.5 Å². The molecule has 2 heterocycles. The molecule has 4 rings (SSSR count). The average molecular weight is 403 g/mol. The van der Waals surface area contributed by atoms with E-state index in [4.69, 9.17) is 4.74 Å². The van der Waals surface area contributed by atoms with Crippen molar-refractivity contribution in [2.75, 3.05) is 11.5 Å². The number of ether oxygens (including phenoxy) is 1. The highest BCUT2D eigenvalue weighted by atomic mass is 16.5. The molecule has 1 aliphatic rings. The minimum Gasteiger partial charge on any atom is -0.451 e. The number of hydrogen-bond acceptors (Lipinski definition) is 6. The minimum absolute atomic E-state index is 0.00898. The Morgan fingerprint density at radius 1 is 1.13 bits per heavy atom. The molecule has 8 nitrogen and oxygen atoms in total. The van der Waals surface area contributed by atoms with Crippen LogP contribution in [0.3, 0.4) is 0 Å². The molecular weight excluding hydrogens is 382 g/mol. The second kappa shape index (κ2) is 8.28. The number of benzene rings is 2. The van der Waals surface area contributed by atoms with E-state index in [9.17, 15) is 9.59 Å². The summed E-state index contributed by atoms with van der Waals surface area (Å²) in [5.74, 6) is -0.515. The maximum absolute atomic E-state index is 12.9. The molecule has 2 aromatic carbocycles. The van der Waals surface area contributed by atoms with Crippen molar-refractivity contribution in [3.63, 3.8) is 0 Å². The Bertz CT molecular complexity index is 1110. The molecule has 0 aliphatic carbocycles. The van der Waals surface area contributed by atoms with Crippen LogP contribution in [0, 0.1) is 6.92 Å². The van der Waals surface area contributed by atoms with Crippen LogP contribution >= 0.6 is 0 Å². The lowest BCUT2D eigenvalue weighted by Gasteiger charge is -2.22. The van der Waals surface area contributed by atoms with Gasteiger partial charge in [0.2, 0.25) is 0 Å². The Labute approximate surface area is 173 Å². The van der Waals surface area contributed by atoms with Crippen molar-refractivity contribution >= 4 is 29.3 Å². The van der Waals surface area contributed by atoms with Crippen LogP contribution in [-0.2, 0) is 20.7 Å². The standard InChI is InChI=1S/C22H21N5O3/c1-15-12-18-10-6-7-11-19(18)26(15)21(28)14-30-22(29)20(27-16(2)23-24-25-27)13-17-8-4-3-5-9-17/h3-11,13,15H,12,14H2,1-2H3/b20-13-/t15-/m0/s1. The molecule has 0 fully saturated rings. The van der Waals surface area contributed by atoms with E-state index in [1.165, 1.54) is 4.68 Å². The third-order valence-corrected chi connectivity index (χ3v) is 4.97. The summed E-state index contributed by atoms with van der Waals surface area (Å²) in [5.41, 5.74) is 2.89. The Hall–Kier alpha value is -3.81. The maximum Gasteiger partial charge on any atom is 0.357 e. The molecule has 0 N–H and O–H groups in total. The normalized spacial score (nSPS) is 15.7. The van der Waals surface area contributed by atoms with Crippen molar-refractivity contribution in [2.24, 2.45) is 0 Å². The van der Waals surface area contributed by atoms with Crippen LogP contribution in [0.25, 0.3) is 11.8 Å². The van der Waals surface area contributed by atoms with Crippen molar-refractivity contribution in [1.29, 1.82) is 0 Å². The van der Waals surface area contributed by atoms with Crippen LogP contribution in [0.2, 0.25) is 0 Å². The van der Waals surface area contributed by atoms with E-state index in [0.717, 1.165) is 23.2 Å². The van der Waals surface area contributed by atoms with Gasteiger partial charge in [0.15, 0.2) is 18.1 Å². The van der Waals surface area contributed by atoms with E-state index in [0.29, 0.717) is 5.82 Å². The first-order valence-electron chi connectivity index (χ1n) is 9.64. The number of esters is 1. The number of aromatic nitrogens is 4. The maximum atomic E-state index is 12.9. The largest absolute Gasteiger partial charge is 0.451 e. The number of aryl methyl sites for hydroxylation is 1. The molecule has 0 saturated heterocycles. The molecule has 3 aromatic rings. The molecule has 0 bridgehead atoms. The van der Waals surface area contributed by atoms with Crippen LogP contribution in [0.4, 0.5) is 5.69 Å². The summed E-state index contributed by atoms with van der Waals surface area (Å²) in [6.07, 6.45) is 2.41. The molecule has 30 heavy (non-hydrogen) atoms. The van der Waals surface area contributed by atoms with Crippen LogP contribution in [0.15, 0.2) is 54.6 Å². The molecule has 0 spiro atoms. The number of anilines is 1. The molecule has 1 amide bonds. The number of tetrazole rings is 1. The predicted molar refractivity (Wildman–Crippen MR) is 111 cm³/mol. The first-order valence-corrected chi connectivity index (χ1v) is 9.64. The Balaban J connectivity index is 1.53. The first-order chi connectivity index (χ1) is 14.5. The van der Waals surface area contributed by atoms with Crippen molar-refractivity contribution in [2.45, 2.75) is 26.3 Å². The van der Waals surface area contributed by atoms with Crippen LogP contribution in [-0.4, -0.2) is 44.7 Å². The van der Waals surface area contributed by atoms with Gasteiger partial charge >= 0.3 is 5.97 Å². The molecule has 0 radical (unpaired) electrons. The van der Waals surface area contributed by atoms with Gasteiger partial charge in [-0.15, -0.1) is 5.10 Å². The molecule has 152 valence electrons. The number of carbonyl (C=O) groups excluding carboxylic acids is 2. The van der Waals surface area contributed by atoms with Gasteiger partial charge in [0.25, 0.3) is 5.91 Å². The molecule has 1 atom stereocenters. The molecule has 1 aromatic heterocycles. The summed E-state index contributed by atoms with van der Waals surface area (Å²) < 4.78 is 6.68. The second-order valence-corrected chi connectivity index (χ2v) is 7.10. The fourth-order valence-corrected chi connectivity index (χ4v) is 3.58. The highest BCUT2D eigenvalue weighted by Crippen LogP contribution is 2.31. The van der Waals surface area contributed by atoms with Gasteiger partial charge in [-0.25, -0.2) is 4.79 Å². The van der Waals surface area contributed by atoms with E-state index >= 15 is 0 Å². The van der Waals surface area contributed by atoms with Gasteiger partial charge in [0, 0.05) is 11.7 Å². The topological polar surface area (TPSA) is 90.2 Å². The minimum atomic E-state index is -0.678. The SMILES string of the molecule is Cc1nnnn1/C(=C\c1ccccc1)C(=O)OCC(=O)N1c2ccccc2C[C@@H]1C. The number of fused-ring (bicyclic) bond motifs is 1. The number of para-hydroxylation sites is 1. The third-order valence-electron chi connectivity index (χ3n) is 4.97. The van der Waals surface area contributed by atoms with Crippen LogP contribution in [0.5, 0.6) is 0 Å². The summed E-state index contributed by atoms with van der Waals surface area (Å²) >= 11 is 0. The van der Waals surface area contributed by atoms with E-state index in [1.54, 1.807) is 17.9 Å². The highest BCUT2D eigenvalue weighted by Gasteiger charge is 2.31. The third kappa shape index (κ3) is 3.84. The molecule has 1 aliphatic heterocycles. The fraction of sp³-hybridized carbons (Fsp3) is 0.227. The van der Waals surface area contributed by atoms with Gasteiger partial charge in [-0.05, 0) is 54.0 Å². The second-order valence-electron chi connectivity index (χ2n) is 7.10. The van der Waals surface area contributed by atoms with Crippen molar-refractivity contribution < 1.29 is 14.3 Å². The van der Waals surface area contributed by atoms with Gasteiger partial charge in [0.1, 0.15) is 0 Å². The number of hydrogen-bond donors (Lipinski definition) is 0. The zero-order chi connectivity index (χ0) is 21.1. The lowest BCUT2D eigenvalue weighted by Crippen LogP contribution is -2.38. The smallest absolute Gasteiger partial charge is 0.357 e. The Morgan fingerprint density at radius 2 is 1.87 bits per heavy atom. The molecule has 0 saturated carbocycles. The number of carbonyl (C=O) groups is 2. The Kier molecular flexibility index (Phi) is 5.38. The summed E-state index contributed by atoms with van der Waals surface area (Å²) in [5, 5.41) is 11.3. The number of amides is 1. The van der Waals surface area contributed by atoms with Gasteiger partial charge in [-0.2, -0.15) is 4.68 Å². The van der Waals surface area contributed by atoms with Crippen molar-refractivity contribution in [1.82, 2.24) is 20.2 Å². The summed E-state index contributed by atoms with van der Waals surface area (Å²) in [6.45, 7) is 3.29. The molecular formula is C22H21N5O3. The molecule has 0 unspecified atom stereocenters. The highest BCUT2D eigenvalue weighted by molar-refractivity contribution is 6.16. The predicted octanol–water partition coefficient (Wildman–Crippen LogP) is 2.50. The summed E-state index contributed by atoms with van der Waals surface area (Å²) in [4.78, 5) is 27.4. The monoisotopic (exact) mass is 403 g/mol. The lowest BCUT2D eigenvalue weighted by molar-refractivity contribution is -0.142. The van der Waals surface area contributed by atoms with Gasteiger partial charge < -0.3 is 9.64 Å². The fourth-order valence-electron chi connectivity index (χ4n) is 3.58. The van der Waals surface area contributed by atoms with Crippen LogP contribution in [0.1, 0.15) is 23.9 Å². The van der Waals surface area contributed by atoms with Crippen molar-refractivity contribution in [3.8, 4) is 0 Å². The van der Waals surface area contributed by atoms with Gasteiger partial charge in [-0.3, -0.25) is 4.79 Å². The van der Waals surface area contributed by atoms with Gasteiger partial charge in [0.05, 0.1) is 0 Å². The zero-order valence-corrected chi connectivity index (χ0v) is 16.7. The quantitative estimate of drug-likeness (QED) is 0.480. The zero-order valence-electron chi connectivity index (χ0n) is 16.7. The lowest BCUT2D eigenvalue weighted by atomic mass is 10.1. The van der Waals surface area contributed by atoms with E-state index in [2.05, 4.69) is 15.5 Å². The number of rotatable bonds is 5. The molecule has 8 heteroatoms. The van der Waals surface area contributed by atoms with Gasteiger partial charge in [-0.1, -0.05) is 48.5 Å². The first kappa shape index (κ1) is 19.5. The van der Waals surface area contributed by atoms with E-state index in [1.807, 2.05) is 61.5 Å². The van der Waals surface area contributed by atoms with E-state index < -0.39 is 5.97 Å². The Morgan fingerprint density at radius 3 is 2.60 bits per heavy atom.